The molecule has 1 aliphatic heterocycles. The smallest absolute Gasteiger partial charge is 0.255 e. The maximum absolute atomic E-state index is 13.0. The zero-order chi connectivity index (χ0) is 19.4. The largest absolute Gasteiger partial charge is 0.394 e. The molecule has 5 nitrogen and oxygen atoms in total. The van der Waals surface area contributed by atoms with E-state index in [1.807, 2.05) is 62.4 Å². The number of nitrogens with zero attached hydrogens (tertiary/aromatic N) is 1. The zero-order valence-electron chi connectivity index (χ0n) is 15.8. The van der Waals surface area contributed by atoms with Crippen LogP contribution in [0.1, 0.15) is 35.3 Å². The van der Waals surface area contributed by atoms with E-state index in [-0.39, 0.29) is 30.4 Å². The van der Waals surface area contributed by atoms with Gasteiger partial charge in [-0.3, -0.25) is 9.59 Å². The first kappa shape index (κ1) is 19.1. The number of amides is 2. The van der Waals surface area contributed by atoms with Gasteiger partial charge in [-0.2, -0.15) is 0 Å². The van der Waals surface area contributed by atoms with Crippen LogP contribution in [0.5, 0.6) is 0 Å². The Morgan fingerprint density at radius 3 is 2.41 bits per heavy atom. The fourth-order valence-electron chi connectivity index (χ4n) is 3.65. The average molecular weight is 366 g/mol. The molecule has 0 saturated heterocycles. The lowest BCUT2D eigenvalue weighted by Crippen LogP contribution is -2.53. The van der Waals surface area contributed by atoms with Crippen LogP contribution >= 0.6 is 0 Å². The predicted octanol–water partition coefficient (Wildman–Crippen LogP) is 2.39. The number of aliphatic hydroxyl groups excluding tert-OH is 1. The molecule has 2 aromatic carbocycles. The molecule has 0 spiro atoms. The van der Waals surface area contributed by atoms with Crippen LogP contribution in [0.15, 0.2) is 54.6 Å². The number of hydrogen-bond acceptors (Lipinski definition) is 3. The van der Waals surface area contributed by atoms with E-state index in [1.165, 1.54) is 0 Å². The molecule has 2 N–H and O–H groups in total. The molecule has 3 rings (SSSR count). The highest BCUT2D eigenvalue weighted by molar-refractivity contribution is 6.01. The summed E-state index contributed by atoms with van der Waals surface area (Å²) < 4.78 is 0. The number of rotatable bonds is 7. The maximum Gasteiger partial charge on any atom is 0.255 e. The highest BCUT2D eigenvalue weighted by Crippen LogP contribution is 2.27. The zero-order valence-corrected chi connectivity index (χ0v) is 15.8. The van der Waals surface area contributed by atoms with Gasteiger partial charge in [0.1, 0.15) is 6.04 Å². The first-order chi connectivity index (χ1) is 13.0. The van der Waals surface area contributed by atoms with E-state index in [9.17, 15) is 14.7 Å². The van der Waals surface area contributed by atoms with Crippen molar-refractivity contribution in [2.24, 2.45) is 5.92 Å². The van der Waals surface area contributed by atoms with Gasteiger partial charge in [-0.15, -0.1) is 0 Å². The fraction of sp³-hybridized carbons (Fsp3) is 0.364. The summed E-state index contributed by atoms with van der Waals surface area (Å²) in [4.78, 5) is 27.4. The van der Waals surface area contributed by atoms with Gasteiger partial charge in [0.05, 0.1) is 12.6 Å². The van der Waals surface area contributed by atoms with E-state index in [0.717, 1.165) is 11.1 Å². The van der Waals surface area contributed by atoms with Crippen LogP contribution in [0.2, 0.25) is 0 Å². The summed E-state index contributed by atoms with van der Waals surface area (Å²) in [7, 11) is 0. The van der Waals surface area contributed by atoms with Gasteiger partial charge in [0.15, 0.2) is 0 Å². The Morgan fingerprint density at radius 2 is 1.78 bits per heavy atom. The molecule has 0 bridgehead atoms. The summed E-state index contributed by atoms with van der Waals surface area (Å²) in [5.74, 6) is -0.372. The Morgan fingerprint density at radius 1 is 1.11 bits per heavy atom. The molecule has 2 unspecified atom stereocenters. The molecular weight excluding hydrogens is 340 g/mol. The average Bonchev–Trinajstić information content (AvgIpc) is 2.98. The summed E-state index contributed by atoms with van der Waals surface area (Å²) >= 11 is 0. The van der Waals surface area contributed by atoms with Crippen molar-refractivity contribution < 1.29 is 14.7 Å². The fourth-order valence-corrected chi connectivity index (χ4v) is 3.65. The van der Waals surface area contributed by atoms with Crippen molar-refractivity contribution in [2.45, 2.75) is 38.9 Å². The van der Waals surface area contributed by atoms with Crippen LogP contribution in [-0.4, -0.2) is 40.5 Å². The van der Waals surface area contributed by atoms with Crippen LogP contribution in [-0.2, 0) is 17.8 Å². The van der Waals surface area contributed by atoms with Gasteiger partial charge < -0.3 is 15.3 Å². The Hall–Kier alpha value is -2.66. The molecule has 0 aromatic heterocycles. The van der Waals surface area contributed by atoms with E-state index in [0.29, 0.717) is 18.5 Å². The molecule has 0 fully saturated rings. The summed E-state index contributed by atoms with van der Waals surface area (Å²) in [6.45, 7) is 4.16. The van der Waals surface area contributed by atoms with Gasteiger partial charge in [-0.25, -0.2) is 0 Å². The summed E-state index contributed by atoms with van der Waals surface area (Å²) in [5, 5.41) is 12.7. The molecule has 27 heavy (non-hydrogen) atoms. The van der Waals surface area contributed by atoms with E-state index < -0.39 is 6.04 Å². The summed E-state index contributed by atoms with van der Waals surface area (Å²) in [5.41, 5.74) is 2.66. The van der Waals surface area contributed by atoms with Crippen LogP contribution in [0.3, 0.4) is 0 Å². The number of carbonyl (C=O) groups is 2. The predicted molar refractivity (Wildman–Crippen MR) is 104 cm³/mol. The Balaban J connectivity index is 1.73. The van der Waals surface area contributed by atoms with Crippen LogP contribution in [0.25, 0.3) is 0 Å². The van der Waals surface area contributed by atoms with Gasteiger partial charge in [-0.1, -0.05) is 62.4 Å². The SMILES string of the molecule is CC(C)C(C(=O)NC(CO)Cc1ccccc1)N1Cc2ccccc2C1=O. The van der Waals surface area contributed by atoms with Crippen molar-refractivity contribution in [1.82, 2.24) is 10.2 Å². The lowest BCUT2D eigenvalue weighted by Gasteiger charge is -2.31. The highest BCUT2D eigenvalue weighted by Gasteiger charge is 2.38. The Bertz CT molecular complexity index is 804. The Kier molecular flexibility index (Phi) is 5.91. The van der Waals surface area contributed by atoms with Crippen LogP contribution in [0, 0.1) is 5.92 Å². The molecule has 142 valence electrons. The second-order valence-electron chi connectivity index (χ2n) is 7.36. The maximum atomic E-state index is 13.0. The number of fused-ring (bicyclic) bond motifs is 1. The molecule has 0 saturated carbocycles. The van der Waals surface area contributed by atoms with Gasteiger partial charge in [0.25, 0.3) is 5.91 Å². The Labute approximate surface area is 160 Å². The lowest BCUT2D eigenvalue weighted by molar-refractivity contribution is -0.128. The van der Waals surface area contributed by atoms with E-state index in [2.05, 4.69) is 5.32 Å². The summed E-state index contributed by atoms with van der Waals surface area (Å²) in [6.07, 6.45) is 0.544. The summed E-state index contributed by atoms with van der Waals surface area (Å²) in [6, 6.07) is 16.2. The monoisotopic (exact) mass is 366 g/mol. The van der Waals surface area contributed by atoms with E-state index >= 15 is 0 Å². The van der Waals surface area contributed by atoms with Crippen molar-refractivity contribution in [3.05, 3.63) is 71.3 Å². The van der Waals surface area contributed by atoms with Crippen molar-refractivity contribution in [2.75, 3.05) is 6.61 Å². The molecular formula is C22H26N2O3. The number of aliphatic hydroxyl groups is 1. The minimum atomic E-state index is -0.574. The van der Waals surface area contributed by atoms with Crippen molar-refractivity contribution >= 4 is 11.8 Å². The second kappa shape index (κ2) is 8.35. The molecule has 2 amide bonds. The minimum absolute atomic E-state index is 0.0423. The number of benzene rings is 2. The number of carbonyl (C=O) groups excluding carboxylic acids is 2. The first-order valence-electron chi connectivity index (χ1n) is 9.35. The first-order valence-corrected chi connectivity index (χ1v) is 9.35. The van der Waals surface area contributed by atoms with Crippen molar-refractivity contribution in [1.29, 1.82) is 0 Å². The normalized spacial score (nSPS) is 15.6. The third kappa shape index (κ3) is 4.19. The van der Waals surface area contributed by atoms with Crippen molar-refractivity contribution in [3.8, 4) is 0 Å². The van der Waals surface area contributed by atoms with E-state index in [1.54, 1.807) is 11.0 Å². The molecule has 2 aromatic rings. The standard InChI is InChI=1S/C22H26N2O3/c1-15(2)20(24-13-17-10-6-7-11-19(17)22(24)27)21(26)23-18(14-25)12-16-8-4-3-5-9-16/h3-11,15,18,20,25H,12-14H2,1-2H3,(H,23,26). The van der Waals surface area contributed by atoms with Gasteiger partial charge in [0.2, 0.25) is 5.91 Å². The lowest BCUT2D eigenvalue weighted by atomic mass is 10.00. The third-order valence-corrected chi connectivity index (χ3v) is 4.98. The molecule has 1 aliphatic rings. The molecule has 0 radical (unpaired) electrons. The van der Waals surface area contributed by atoms with Crippen molar-refractivity contribution in [3.63, 3.8) is 0 Å². The van der Waals surface area contributed by atoms with Crippen LogP contribution in [0.4, 0.5) is 0 Å². The quantitative estimate of drug-likeness (QED) is 0.790. The number of hydrogen-bond donors (Lipinski definition) is 2. The van der Waals surface area contributed by atoms with Gasteiger partial charge >= 0.3 is 0 Å². The topological polar surface area (TPSA) is 69.6 Å². The number of nitrogens with one attached hydrogen (secondary N) is 1. The molecule has 5 heteroatoms. The van der Waals surface area contributed by atoms with Gasteiger partial charge in [-0.05, 0) is 29.5 Å². The molecule has 1 heterocycles. The molecule has 2 atom stereocenters. The van der Waals surface area contributed by atoms with Crippen LogP contribution < -0.4 is 5.32 Å². The van der Waals surface area contributed by atoms with E-state index in [4.69, 9.17) is 0 Å². The molecule has 0 aliphatic carbocycles. The second-order valence-corrected chi connectivity index (χ2v) is 7.36. The van der Waals surface area contributed by atoms with Gasteiger partial charge in [0, 0.05) is 12.1 Å². The minimum Gasteiger partial charge on any atom is -0.394 e. The third-order valence-electron chi connectivity index (χ3n) is 4.98. The highest BCUT2D eigenvalue weighted by atomic mass is 16.3.